The minimum absolute atomic E-state index is 0.0826. The zero-order chi connectivity index (χ0) is 16.5. The molecule has 4 rings (SSSR count). The second-order valence-electron chi connectivity index (χ2n) is 6.37. The average molecular weight is 324 g/mol. The van der Waals surface area contributed by atoms with Gasteiger partial charge in [-0.1, -0.05) is 17.3 Å². The van der Waals surface area contributed by atoms with E-state index >= 15 is 0 Å². The molecule has 124 valence electrons. The number of fused-ring (bicyclic) bond motifs is 1. The number of carbonyl (C=O) groups is 1. The van der Waals surface area contributed by atoms with Crippen LogP contribution >= 0.6 is 0 Å². The Morgan fingerprint density at radius 3 is 3.04 bits per heavy atom. The number of carbonyl (C=O) groups excluding carboxylic acids is 1. The summed E-state index contributed by atoms with van der Waals surface area (Å²) in [5.41, 5.74) is 2.85. The maximum Gasteiger partial charge on any atom is 0.244 e. The smallest absolute Gasteiger partial charge is 0.244 e. The van der Waals surface area contributed by atoms with Crippen molar-refractivity contribution in [1.82, 2.24) is 29.7 Å². The van der Waals surface area contributed by atoms with Gasteiger partial charge in [0.2, 0.25) is 5.91 Å². The van der Waals surface area contributed by atoms with Crippen molar-refractivity contribution in [2.75, 3.05) is 13.1 Å². The standard InChI is InChI=1S/C17H20N6O/c1-13-9-18-22(10-13)14-5-4-8-21(11-14)17(24)12-23-16-7-3-2-6-15(16)19-20-23/h2-3,6-7,9-10,14H,4-5,8,11-12H2,1H3/t14-/m1/s1. The number of amides is 1. The van der Waals surface area contributed by atoms with Crippen LogP contribution in [-0.2, 0) is 11.3 Å². The second kappa shape index (κ2) is 6.07. The lowest BCUT2D eigenvalue weighted by Gasteiger charge is -2.32. The fourth-order valence-electron chi connectivity index (χ4n) is 3.29. The van der Waals surface area contributed by atoms with Crippen molar-refractivity contribution in [2.45, 2.75) is 32.4 Å². The molecule has 0 saturated carbocycles. The molecular formula is C17H20N6O. The van der Waals surface area contributed by atoms with Crippen LogP contribution in [0.2, 0.25) is 0 Å². The van der Waals surface area contributed by atoms with Crippen LogP contribution in [0.15, 0.2) is 36.7 Å². The molecule has 0 radical (unpaired) electrons. The van der Waals surface area contributed by atoms with Crippen molar-refractivity contribution < 1.29 is 4.79 Å². The van der Waals surface area contributed by atoms with Crippen molar-refractivity contribution in [1.29, 1.82) is 0 Å². The van der Waals surface area contributed by atoms with Crippen LogP contribution in [0, 0.1) is 6.92 Å². The van der Waals surface area contributed by atoms with Gasteiger partial charge in [0.1, 0.15) is 12.1 Å². The molecule has 0 N–H and O–H groups in total. The van der Waals surface area contributed by atoms with Gasteiger partial charge in [0.25, 0.3) is 0 Å². The van der Waals surface area contributed by atoms with Gasteiger partial charge >= 0.3 is 0 Å². The van der Waals surface area contributed by atoms with Gasteiger partial charge < -0.3 is 4.90 Å². The fraction of sp³-hybridized carbons (Fsp3) is 0.412. The first-order valence-corrected chi connectivity index (χ1v) is 8.27. The lowest BCUT2D eigenvalue weighted by atomic mass is 10.1. The number of rotatable bonds is 3. The number of aromatic nitrogens is 5. The molecule has 3 heterocycles. The second-order valence-corrected chi connectivity index (χ2v) is 6.37. The molecule has 1 fully saturated rings. The van der Waals surface area contributed by atoms with Gasteiger partial charge in [-0.25, -0.2) is 4.68 Å². The lowest BCUT2D eigenvalue weighted by Crippen LogP contribution is -2.42. The molecule has 1 aromatic carbocycles. The Bertz CT molecular complexity index is 867. The Morgan fingerprint density at radius 2 is 2.21 bits per heavy atom. The van der Waals surface area contributed by atoms with E-state index in [0.717, 1.165) is 36.0 Å². The zero-order valence-corrected chi connectivity index (χ0v) is 13.7. The Morgan fingerprint density at radius 1 is 1.33 bits per heavy atom. The zero-order valence-electron chi connectivity index (χ0n) is 13.7. The van der Waals surface area contributed by atoms with E-state index in [-0.39, 0.29) is 18.5 Å². The first-order chi connectivity index (χ1) is 11.7. The predicted molar refractivity (Wildman–Crippen MR) is 89.3 cm³/mol. The molecule has 0 aliphatic carbocycles. The van der Waals surface area contributed by atoms with Gasteiger partial charge in [0.15, 0.2) is 0 Å². The Balaban J connectivity index is 1.48. The minimum Gasteiger partial charge on any atom is -0.339 e. The largest absolute Gasteiger partial charge is 0.339 e. The molecule has 24 heavy (non-hydrogen) atoms. The van der Waals surface area contributed by atoms with Gasteiger partial charge in [-0.15, -0.1) is 5.10 Å². The van der Waals surface area contributed by atoms with Gasteiger partial charge in [-0.05, 0) is 37.5 Å². The molecule has 1 saturated heterocycles. The monoisotopic (exact) mass is 324 g/mol. The summed E-state index contributed by atoms with van der Waals surface area (Å²) in [5.74, 6) is 0.0826. The van der Waals surface area contributed by atoms with E-state index < -0.39 is 0 Å². The van der Waals surface area contributed by atoms with E-state index in [0.29, 0.717) is 6.54 Å². The third kappa shape index (κ3) is 2.77. The van der Waals surface area contributed by atoms with E-state index in [2.05, 4.69) is 15.4 Å². The van der Waals surface area contributed by atoms with Crippen molar-refractivity contribution >= 4 is 16.9 Å². The van der Waals surface area contributed by atoms with Crippen LogP contribution < -0.4 is 0 Å². The third-order valence-corrected chi connectivity index (χ3v) is 4.56. The SMILES string of the molecule is Cc1cnn([C@@H]2CCCN(C(=O)Cn3nnc4ccccc43)C2)c1. The molecule has 0 bridgehead atoms. The van der Waals surface area contributed by atoms with Crippen LogP contribution in [0.3, 0.4) is 0 Å². The van der Waals surface area contributed by atoms with Crippen LogP contribution in [-0.4, -0.2) is 48.7 Å². The van der Waals surface area contributed by atoms with Crippen molar-refractivity contribution in [3.8, 4) is 0 Å². The lowest BCUT2D eigenvalue weighted by molar-refractivity contribution is -0.133. The summed E-state index contributed by atoms with van der Waals surface area (Å²) in [5, 5.41) is 12.6. The van der Waals surface area contributed by atoms with Crippen molar-refractivity contribution in [3.63, 3.8) is 0 Å². The summed E-state index contributed by atoms with van der Waals surface area (Å²) in [6.45, 7) is 3.76. The Hall–Kier alpha value is -2.70. The third-order valence-electron chi connectivity index (χ3n) is 4.56. The molecule has 3 aromatic rings. The number of hydrogen-bond donors (Lipinski definition) is 0. The van der Waals surface area contributed by atoms with Gasteiger partial charge in [-0.2, -0.15) is 5.10 Å². The molecule has 7 nitrogen and oxygen atoms in total. The molecule has 0 unspecified atom stereocenters. The molecular weight excluding hydrogens is 304 g/mol. The van der Waals surface area contributed by atoms with E-state index in [1.807, 2.05) is 53.2 Å². The molecule has 0 spiro atoms. The highest BCUT2D eigenvalue weighted by Gasteiger charge is 2.25. The summed E-state index contributed by atoms with van der Waals surface area (Å²) in [4.78, 5) is 14.6. The van der Waals surface area contributed by atoms with Gasteiger partial charge in [0.05, 0.1) is 17.8 Å². The molecule has 7 heteroatoms. The number of hydrogen-bond acceptors (Lipinski definition) is 4. The molecule has 1 aliphatic heterocycles. The summed E-state index contributed by atoms with van der Waals surface area (Å²) < 4.78 is 3.67. The van der Waals surface area contributed by atoms with Crippen LogP contribution in [0.5, 0.6) is 0 Å². The molecule has 1 aliphatic rings. The highest BCUT2D eigenvalue weighted by Crippen LogP contribution is 2.21. The van der Waals surface area contributed by atoms with E-state index in [9.17, 15) is 4.79 Å². The molecule has 1 amide bonds. The highest BCUT2D eigenvalue weighted by atomic mass is 16.2. The van der Waals surface area contributed by atoms with E-state index in [4.69, 9.17) is 0 Å². The maximum atomic E-state index is 12.7. The topological polar surface area (TPSA) is 68.8 Å². The number of likely N-dealkylation sites (tertiary alicyclic amines) is 1. The molecule has 1 atom stereocenters. The van der Waals surface area contributed by atoms with Crippen molar-refractivity contribution in [2.24, 2.45) is 0 Å². The van der Waals surface area contributed by atoms with Crippen molar-refractivity contribution in [3.05, 3.63) is 42.2 Å². The fourth-order valence-corrected chi connectivity index (χ4v) is 3.29. The first kappa shape index (κ1) is 14.9. The maximum absolute atomic E-state index is 12.7. The van der Waals surface area contributed by atoms with E-state index in [1.54, 1.807) is 4.68 Å². The number of para-hydroxylation sites is 1. The minimum atomic E-state index is 0.0826. The number of piperidine rings is 1. The Kier molecular flexibility index (Phi) is 3.76. The highest BCUT2D eigenvalue weighted by molar-refractivity contribution is 5.79. The summed E-state index contributed by atoms with van der Waals surface area (Å²) in [6, 6.07) is 7.95. The van der Waals surface area contributed by atoms with Gasteiger partial charge in [0, 0.05) is 19.3 Å². The number of aryl methyl sites for hydroxylation is 1. The van der Waals surface area contributed by atoms with Crippen LogP contribution in [0.1, 0.15) is 24.4 Å². The normalized spacial score (nSPS) is 18.2. The summed E-state index contributed by atoms with van der Waals surface area (Å²) >= 11 is 0. The predicted octanol–water partition coefficient (Wildman–Crippen LogP) is 1.80. The number of nitrogens with zero attached hydrogens (tertiary/aromatic N) is 6. The van der Waals surface area contributed by atoms with Crippen LogP contribution in [0.4, 0.5) is 0 Å². The average Bonchev–Trinajstić information content (AvgIpc) is 3.22. The van der Waals surface area contributed by atoms with Crippen LogP contribution in [0.25, 0.3) is 11.0 Å². The Labute approximate surface area is 139 Å². The van der Waals surface area contributed by atoms with Gasteiger partial charge in [-0.3, -0.25) is 9.48 Å². The number of benzene rings is 1. The summed E-state index contributed by atoms with van der Waals surface area (Å²) in [7, 11) is 0. The quantitative estimate of drug-likeness (QED) is 0.737. The summed E-state index contributed by atoms with van der Waals surface area (Å²) in [6.07, 6.45) is 5.95. The molecule has 2 aromatic heterocycles. The first-order valence-electron chi connectivity index (χ1n) is 8.27. The van der Waals surface area contributed by atoms with E-state index in [1.165, 1.54) is 0 Å².